The number of rotatable bonds is 3. The summed E-state index contributed by atoms with van der Waals surface area (Å²) in [4.78, 5) is 27.3. The van der Waals surface area contributed by atoms with Crippen molar-refractivity contribution >= 4 is 23.1 Å². The molecule has 0 bridgehead atoms. The van der Waals surface area contributed by atoms with E-state index in [2.05, 4.69) is 0 Å². The van der Waals surface area contributed by atoms with Gasteiger partial charge in [-0.2, -0.15) is 0 Å². The van der Waals surface area contributed by atoms with Crippen molar-refractivity contribution in [3.05, 3.63) is 100 Å². The van der Waals surface area contributed by atoms with Crippen molar-refractivity contribution < 1.29 is 28.6 Å². The van der Waals surface area contributed by atoms with Crippen molar-refractivity contribution in [2.75, 3.05) is 4.90 Å². The number of hydrogen-bond donors (Lipinski definition) is 2. The van der Waals surface area contributed by atoms with Crippen LogP contribution in [0.2, 0.25) is 0 Å². The van der Waals surface area contributed by atoms with E-state index < -0.39 is 35.1 Å². The van der Waals surface area contributed by atoms with Gasteiger partial charge in [-0.05, 0) is 59.4 Å². The number of ketones is 1. The van der Waals surface area contributed by atoms with Gasteiger partial charge in [-0.15, -0.1) is 0 Å². The Morgan fingerprint density at radius 2 is 1.69 bits per heavy atom. The van der Waals surface area contributed by atoms with Gasteiger partial charge in [0.15, 0.2) is 0 Å². The van der Waals surface area contributed by atoms with E-state index in [0.29, 0.717) is 17.2 Å². The lowest BCUT2D eigenvalue weighted by molar-refractivity contribution is -0.132. The van der Waals surface area contributed by atoms with Crippen molar-refractivity contribution in [3.8, 4) is 5.75 Å². The number of aromatic hydroxyl groups is 1. The van der Waals surface area contributed by atoms with Crippen molar-refractivity contribution in [3.63, 3.8) is 0 Å². The predicted octanol–water partition coefficient (Wildman–Crippen LogP) is 5.90. The molecule has 2 N–H and O–H groups in total. The Hall–Kier alpha value is -4.00. The van der Waals surface area contributed by atoms with Gasteiger partial charge in [0.1, 0.15) is 23.1 Å². The number of benzene rings is 3. The molecule has 0 aliphatic carbocycles. The third-order valence-electron chi connectivity index (χ3n) is 6.16. The van der Waals surface area contributed by atoms with Gasteiger partial charge in [0.05, 0.1) is 17.3 Å². The molecule has 1 fully saturated rings. The molecule has 0 spiro atoms. The smallest absolute Gasteiger partial charge is 0.300 e. The highest BCUT2D eigenvalue weighted by molar-refractivity contribution is 6.51. The van der Waals surface area contributed by atoms with Crippen LogP contribution in [0.4, 0.5) is 14.5 Å². The molecule has 1 atom stereocenters. The zero-order valence-corrected chi connectivity index (χ0v) is 19.8. The molecule has 0 radical (unpaired) electrons. The quantitative estimate of drug-likeness (QED) is 0.280. The van der Waals surface area contributed by atoms with E-state index in [-0.39, 0.29) is 28.0 Å². The fourth-order valence-electron chi connectivity index (χ4n) is 4.26. The highest BCUT2D eigenvalue weighted by atomic mass is 19.1. The lowest BCUT2D eigenvalue weighted by Crippen LogP contribution is -2.30. The molecule has 1 aliphatic rings. The largest absolute Gasteiger partial charge is 0.508 e. The molecule has 1 amide bonds. The zero-order chi connectivity index (χ0) is 25.7. The number of aliphatic hydroxyl groups is 1. The third kappa shape index (κ3) is 4.30. The fraction of sp³-hybridized carbons (Fsp3) is 0.214. The zero-order valence-electron chi connectivity index (χ0n) is 19.8. The number of carbonyl (C=O) groups excluding carboxylic acids is 2. The maximum atomic E-state index is 14.8. The van der Waals surface area contributed by atoms with E-state index in [1.54, 1.807) is 19.1 Å². The van der Waals surface area contributed by atoms with Crippen LogP contribution in [0.3, 0.4) is 0 Å². The maximum absolute atomic E-state index is 14.8. The van der Waals surface area contributed by atoms with E-state index in [0.717, 1.165) is 22.6 Å². The van der Waals surface area contributed by atoms with Crippen molar-refractivity contribution in [2.24, 2.45) is 0 Å². The van der Waals surface area contributed by atoms with Crippen LogP contribution < -0.4 is 4.90 Å². The van der Waals surface area contributed by atoms with Gasteiger partial charge in [0, 0.05) is 11.6 Å². The van der Waals surface area contributed by atoms with Gasteiger partial charge in [0.2, 0.25) is 0 Å². The molecular weight excluding hydrogens is 452 g/mol. The van der Waals surface area contributed by atoms with Crippen LogP contribution in [0.25, 0.3) is 5.76 Å². The molecule has 1 unspecified atom stereocenters. The first kappa shape index (κ1) is 24.1. The van der Waals surface area contributed by atoms with Crippen molar-refractivity contribution in [1.29, 1.82) is 0 Å². The van der Waals surface area contributed by atoms with Gasteiger partial charge >= 0.3 is 0 Å². The van der Waals surface area contributed by atoms with Gasteiger partial charge in [-0.1, -0.05) is 45.0 Å². The van der Waals surface area contributed by atoms with E-state index >= 15 is 0 Å². The monoisotopic (exact) mass is 477 g/mol. The first-order valence-electron chi connectivity index (χ1n) is 11.1. The maximum Gasteiger partial charge on any atom is 0.300 e. The van der Waals surface area contributed by atoms with E-state index in [4.69, 9.17) is 0 Å². The summed E-state index contributed by atoms with van der Waals surface area (Å²) >= 11 is 0. The first-order valence-corrected chi connectivity index (χ1v) is 11.1. The molecule has 1 saturated heterocycles. The van der Waals surface area contributed by atoms with Gasteiger partial charge in [-0.25, -0.2) is 8.78 Å². The Labute approximate surface area is 202 Å². The summed E-state index contributed by atoms with van der Waals surface area (Å²) in [6.45, 7) is 7.78. The summed E-state index contributed by atoms with van der Waals surface area (Å²) < 4.78 is 28.4. The first-order chi connectivity index (χ1) is 16.4. The summed E-state index contributed by atoms with van der Waals surface area (Å²) in [6.07, 6.45) is 0. The Morgan fingerprint density at radius 1 is 0.971 bits per heavy atom. The Balaban J connectivity index is 2.01. The lowest BCUT2D eigenvalue weighted by Gasteiger charge is -2.26. The second-order valence-electron chi connectivity index (χ2n) is 9.64. The van der Waals surface area contributed by atoms with Crippen molar-refractivity contribution in [1.82, 2.24) is 0 Å². The topological polar surface area (TPSA) is 77.8 Å². The molecular formula is C28H25F2NO4. The Bertz CT molecular complexity index is 1390. The molecule has 0 aromatic heterocycles. The van der Waals surface area contributed by atoms with Crippen LogP contribution in [0.1, 0.15) is 49.1 Å². The fourth-order valence-corrected chi connectivity index (χ4v) is 4.26. The third-order valence-corrected chi connectivity index (χ3v) is 6.16. The molecule has 1 heterocycles. The van der Waals surface area contributed by atoms with Crippen LogP contribution >= 0.6 is 0 Å². The van der Waals surface area contributed by atoms with Crippen LogP contribution in [0.5, 0.6) is 5.75 Å². The Morgan fingerprint density at radius 3 is 2.31 bits per heavy atom. The number of aryl methyl sites for hydroxylation is 1. The second-order valence-corrected chi connectivity index (χ2v) is 9.64. The SMILES string of the molecule is Cc1ccc(C(C)(C)C)cc1/C(O)=C1\C(=O)C(=O)N(c2ccc(F)cc2F)C1c1cccc(O)c1. The summed E-state index contributed by atoms with van der Waals surface area (Å²) in [6, 6.07) is 12.7. The van der Waals surface area contributed by atoms with Crippen LogP contribution in [-0.4, -0.2) is 21.9 Å². The molecule has 0 saturated carbocycles. The second kappa shape index (κ2) is 8.65. The highest BCUT2D eigenvalue weighted by Crippen LogP contribution is 2.44. The summed E-state index contributed by atoms with van der Waals surface area (Å²) in [7, 11) is 0. The van der Waals surface area contributed by atoms with Crippen molar-refractivity contribution in [2.45, 2.75) is 39.2 Å². The predicted molar refractivity (Wildman–Crippen MR) is 129 cm³/mol. The summed E-state index contributed by atoms with van der Waals surface area (Å²) in [5.41, 5.74) is 1.39. The highest BCUT2D eigenvalue weighted by Gasteiger charge is 2.48. The van der Waals surface area contributed by atoms with Crippen LogP contribution in [-0.2, 0) is 15.0 Å². The van der Waals surface area contributed by atoms with Gasteiger partial charge < -0.3 is 10.2 Å². The standard InChI is InChI=1S/C28H25F2NO4/c1-15-8-9-17(28(2,3)4)13-20(15)25(33)23-24(16-6-5-7-19(32)12-16)31(27(35)26(23)34)22-11-10-18(29)14-21(22)30/h5-14,24,32-33H,1-4H3/b25-23+. The number of halogens is 2. The number of phenols is 1. The van der Waals surface area contributed by atoms with Crippen LogP contribution in [0, 0.1) is 18.6 Å². The molecule has 7 heteroatoms. The number of nitrogens with zero attached hydrogens (tertiary/aromatic N) is 1. The molecule has 5 nitrogen and oxygen atoms in total. The molecule has 3 aromatic rings. The number of amides is 1. The molecule has 3 aromatic carbocycles. The number of Topliss-reactive ketones (excluding diaryl/α,β-unsaturated/α-hetero) is 1. The molecule has 35 heavy (non-hydrogen) atoms. The Kier molecular flexibility index (Phi) is 5.97. The number of aliphatic hydroxyl groups excluding tert-OH is 1. The molecule has 1 aliphatic heterocycles. The van der Waals surface area contributed by atoms with E-state index in [1.807, 2.05) is 32.9 Å². The minimum Gasteiger partial charge on any atom is -0.508 e. The molecule has 4 rings (SSSR count). The molecule has 180 valence electrons. The van der Waals surface area contributed by atoms with Gasteiger partial charge in [0.25, 0.3) is 11.7 Å². The normalized spacial score (nSPS) is 17.8. The average Bonchev–Trinajstić information content (AvgIpc) is 3.03. The van der Waals surface area contributed by atoms with E-state index in [9.17, 15) is 28.6 Å². The lowest BCUT2D eigenvalue weighted by atomic mass is 9.84. The number of phenolic OH excluding ortho intramolecular Hbond substituents is 1. The minimum absolute atomic E-state index is 0.140. The summed E-state index contributed by atoms with van der Waals surface area (Å²) in [5, 5.41) is 21.5. The van der Waals surface area contributed by atoms with Gasteiger partial charge in [-0.3, -0.25) is 14.5 Å². The van der Waals surface area contributed by atoms with Crippen LogP contribution in [0.15, 0.2) is 66.2 Å². The van der Waals surface area contributed by atoms with E-state index in [1.165, 1.54) is 18.2 Å². The number of anilines is 1. The summed E-state index contributed by atoms with van der Waals surface area (Å²) in [5.74, 6) is -4.52. The number of hydrogen-bond acceptors (Lipinski definition) is 4. The average molecular weight is 478 g/mol. The number of carbonyl (C=O) groups is 2. The minimum atomic E-state index is -1.25.